The average molecular weight is 420 g/mol. The van der Waals surface area contributed by atoms with Crippen LogP contribution in [0.1, 0.15) is 30.9 Å². The first-order valence-corrected chi connectivity index (χ1v) is 11.0. The van der Waals surface area contributed by atoms with Gasteiger partial charge >= 0.3 is 0 Å². The third-order valence-corrected chi connectivity index (χ3v) is 6.27. The van der Waals surface area contributed by atoms with Gasteiger partial charge in [-0.3, -0.25) is 14.5 Å². The van der Waals surface area contributed by atoms with Crippen molar-refractivity contribution in [2.45, 2.75) is 37.9 Å². The number of benzene rings is 2. The second-order valence-corrected chi connectivity index (χ2v) is 8.30. The number of para-hydroxylation sites is 1. The van der Waals surface area contributed by atoms with Gasteiger partial charge < -0.3 is 5.32 Å². The number of nitriles is 1. The minimum atomic E-state index is -0.491. The molecule has 1 unspecified atom stereocenters. The van der Waals surface area contributed by atoms with Gasteiger partial charge in [-0.15, -0.1) is 0 Å². The highest BCUT2D eigenvalue weighted by molar-refractivity contribution is 8.05. The Hall–Kier alpha value is -3.04. The monoisotopic (exact) mass is 419 g/mol. The third-order valence-electron chi connectivity index (χ3n) is 5.01. The van der Waals surface area contributed by atoms with Crippen LogP contribution in [0, 0.1) is 11.3 Å². The number of thioether (sulfide) groups is 1. The zero-order chi connectivity index (χ0) is 21.5. The number of hydrogen-bond acceptors (Lipinski definition) is 4. The molecule has 30 heavy (non-hydrogen) atoms. The molecule has 0 radical (unpaired) electrons. The summed E-state index contributed by atoms with van der Waals surface area (Å²) in [4.78, 5) is 27.0. The number of rotatable bonds is 7. The summed E-state index contributed by atoms with van der Waals surface area (Å²) in [5.74, 6) is -0.609. The normalized spacial score (nSPS) is 17.6. The van der Waals surface area contributed by atoms with Crippen molar-refractivity contribution in [1.82, 2.24) is 5.32 Å². The van der Waals surface area contributed by atoms with Crippen LogP contribution in [-0.4, -0.2) is 24.1 Å². The second-order valence-electron chi connectivity index (χ2n) is 7.11. The van der Waals surface area contributed by atoms with Crippen LogP contribution in [-0.2, 0) is 22.4 Å². The summed E-state index contributed by atoms with van der Waals surface area (Å²) in [7, 11) is 1.48. The fraction of sp³-hybridized carbons (Fsp3) is 0.292. The van der Waals surface area contributed by atoms with Gasteiger partial charge in [-0.2, -0.15) is 5.26 Å². The number of hydrogen-bond donors (Lipinski definition) is 1. The molecule has 1 aliphatic heterocycles. The van der Waals surface area contributed by atoms with Gasteiger partial charge in [-0.25, -0.2) is 0 Å². The summed E-state index contributed by atoms with van der Waals surface area (Å²) < 4.78 is 0. The molecular weight excluding hydrogens is 394 g/mol. The van der Waals surface area contributed by atoms with Crippen molar-refractivity contribution in [2.75, 3.05) is 11.9 Å². The molecule has 2 aromatic rings. The zero-order valence-electron chi connectivity index (χ0n) is 17.2. The Morgan fingerprint density at radius 2 is 1.80 bits per heavy atom. The minimum Gasteiger partial charge on any atom is -0.354 e. The van der Waals surface area contributed by atoms with Crippen molar-refractivity contribution in [3.63, 3.8) is 0 Å². The van der Waals surface area contributed by atoms with Crippen LogP contribution >= 0.6 is 11.8 Å². The summed E-state index contributed by atoms with van der Waals surface area (Å²) in [5, 5.41) is 12.1. The van der Waals surface area contributed by atoms with Gasteiger partial charge in [0.2, 0.25) is 5.91 Å². The van der Waals surface area contributed by atoms with E-state index in [9.17, 15) is 14.9 Å². The van der Waals surface area contributed by atoms with Crippen LogP contribution in [0.15, 0.2) is 65.2 Å². The smallest absolute Gasteiger partial charge is 0.264 e. The van der Waals surface area contributed by atoms with E-state index in [0.29, 0.717) is 17.1 Å². The van der Waals surface area contributed by atoms with E-state index in [1.807, 2.05) is 36.4 Å². The van der Waals surface area contributed by atoms with Gasteiger partial charge in [0.25, 0.3) is 5.91 Å². The molecule has 2 amide bonds. The highest BCUT2D eigenvalue weighted by Crippen LogP contribution is 2.41. The van der Waals surface area contributed by atoms with Gasteiger partial charge in [0.05, 0.1) is 5.25 Å². The number of anilines is 1. The second kappa shape index (κ2) is 10.1. The Morgan fingerprint density at radius 3 is 2.40 bits per heavy atom. The predicted molar refractivity (Wildman–Crippen MR) is 121 cm³/mol. The molecule has 0 saturated carbocycles. The molecule has 2 aromatic carbocycles. The van der Waals surface area contributed by atoms with Gasteiger partial charge in [-0.1, -0.05) is 67.6 Å². The summed E-state index contributed by atoms with van der Waals surface area (Å²) in [6, 6.07) is 19.5. The Morgan fingerprint density at radius 1 is 1.13 bits per heavy atom. The summed E-state index contributed by atoms with van der Waals surface area (Å²) in [6.07, 6.45) is 3.91. The quantitative estimate of drug-likeness (QED) is 0.539. The minimum absolute atomic E-state index is 0.0443. The molecule has 5 nitrogen and oxygen atoms in total. The summed E-state index contributed by atoms with van der Waals surface area (Å²) >= 11 is 1.28. The van der Waals surface area contributed by atoms with Crippen LogP contribution in [0.3, 0.4) is 0 Å². The lowest BCUT2D eigenvalue weighted by molar-refractivity contribution is -0.117. The Labute approximate surface area is 181 Å². The molecule has 0 bridgehead atoms. The van der Waals surface area contributed by atoms with Crippen molar-refractivity contribution in [2.24, 2.45) is 0 Å². The molecule has 154 valence electrons. The molecule has 1 saturated heterocycles. The fourth-order valence-corrected chi connectivity index (χ4v) is 4.67. The number of unbranched alkanes of at least 4 members (excludes halogenated alkanes) is 1. The molecule has 0 spiro atoms. The largest absolute Gasteiger partial charge is 0.354 e. The van der Waals surface area contributed by atoms with Crippen molar-refractivity contribution < 1.29 is 9.59 Å². The highest BCUT2D eigenvalue weighted by Gasteiger charge is 2.40. The van der Waals surface area contributed by atoms with Crippen molar-refractivity contribution in [1.29, 1.82) is 5.26 Å². The average Bonchev–Trinajstić information content (AvgIpc) is 3.09. The predicted octanol–water partition coefficient (Wildman–Crippen LogP) is 4.20. The van der Waals surface area contributed by atoms with Gasteiger partial charge in [0.1, 0.15) is 16.7 Å². The van der Waals surface area contributed by atoms with E-state index in [1.165, 1.54) is 29.3 Å². The van der Waals surface area contributed by atoms with E-state index < -0.39 is 11.2 Å². The first-order chi connectivity index (χ1) is 14.6. The van der Waals surface area contributed by atoms with Crippen LogP contribution in [0.25, 0.3) is 0 Å². The third kappa shape index (κ3) is 4.74. The van der Waals surface area contributed by atoms with Crippen molar-refractivity contribution in [3.05, 3.63) is 76.3 Å². The van der Waals surface area contributed by atoms with E-state index in [2.05, 4.69) is 36.5 Å². The maximum absolute atomic E-state index is 13.3. The first kappa shape index (κ1) is 21.7. The van der Waals surface area contributed by atoms with Crippen molar-refractivity contribution >= 4 is 29.3 Å². The Kier molecular flexibility index (Phi) is 7.31. The first-order valence-electron chi connectivity index (χ1n) is 10.1. The van der Waals surface area contributed by atoms with E-state index in [1.54, 1.807) is 0 Å². The zero-order valence-corrected chi connectivity index (χ0v) is 18.0. The van der Waals surface area contributed by atoms with E-state index in [4.69, 9.17) is 0 Å². The number of amides is 2. The molecule has 3 rings (SSSR count). The van der Waals surface area contributed by atoms with Crippen LogP contribution in [0.5, 0.6) is 0 Å². The van der Waals surface area contributed by atoms with E-state index >= 15 is 0 Å². The molecule has 1 heterocycles. The summed E-state index contributed by atoms with van der Waals surface area (Å²) in [5.41, 5.74) is 2.97. The molecule has 1 aliphatic rings. The summed E-state index contributed by atoms with van der Waals surface area (Å²) in [6.45, 7) is 2.18. The standard InChI is InChI=1S/C24H25N3O2S/c1-3-4-8-17-11-13-18(14-12-17)15-21-23(29)27(19-9-6-5-7-10-19)24(30-21)20(16-25)22(28)26-2/h5-7,9-14,21H,3-4,8,15H2,1-2H3,(H,26,28)/b24-20+. The van der Waals surface area contributed by atoms with Gasteiger partial charge in [-0.05, 0) is 42.5 Å². The number of carbonyl (C=O) groups excluding carboxylic acids is 2. The van der Waals surface area contributed by atoms with Crippen LogP contribution < -0.4 is 10.2 Å². The molecular formula is C24H25N3O2S. The number of nitrogens with one attached hydrogen (secondary N) is 1. The molecule has 1 atom stereocenters. The maximum atomic E-state index is 13.3. The number of nitrogens with zero attached hydrogens (tertiary/aromatic N) is 2. The molecule has 1 N–H and O–H groups in total. The topological polar surface area (TPSA) is 73.2 Å². The molecule has 6 heteroatoms. The molecule has 0 aromatic heterocycles. The van der Waals surface area contributed by atoms with Gasteiger partial charge in [0, 0.05) is 12.7 Å². The maximum Gasteiger partial charge on any atom is 0.264 e. The lowest BCUT2D eigenvalue weighted by atomic mass is 10.0. The number of likely N-dealkylation sites (N-methyl/N-ethyl adjacent to an activating group) is 1. The Balaban J connectivity index is 1.90. The number of aryl methyl sites for hydroxylation is 1. The lowest BCUT2D eigenvalue weighted by Gasteiger charge is -2.18. The van der Waals surface area contributed by atoms with E-state index in [0.717, 1.165) is 24.8 Å². The lowest BCUT2D eigenvalue weighted by Crippen LogP contribution is -2.31. The fourth-order valence-electron chi connectivity index (χ4n) is 3.36. The molecule has 1 fully saturated rings. The molecule has 0 aliphatic carbocycles. The highest BCUT2D eigenvalue weighted by atomic mass is 32.2. The number of carbonyl (C=O) groups is 2. The Bertz CT molecular complexity index is 978. The van der Waals surface area contributed by atoms with E-state index in [-0.39, 0.29) is 11.5 Å². The van der Waals surface area contributed by atoms with Crippen molar-refractivity contribution in [3.8, 4) is 6.07 Å². The van der Waals surface area contributed by atoms with Crippen LogP contribution in [0.2, 0.25) is 0 Å². The van der Waals surface area contributed by atoms with Crippen LogP contribution in [0.4, 0.5) is 5.69 Å². The SMILES string of the molecule is CCCCc1ccc(CC2S/C(=C(\C#N)C(=O)NC)N(c3ccccc3)C2=O)cc1. The van der Waals surface area contributed by atoms with Gasteiger partial charge in [0.15, 0.2) is 0 Å².